The molecule has 6 nitrogen and oxygen atoms in total. The number of amides is 2. The van der Waals surface area contributed by atoms with Crippen LogP contribution in [0.15, 0.2) is 65.9 Å². The van der Waals surface area contributed by atoms with Crippen molar-refractivity contribution in [1.29, 1.82) is 0 Å². The Bertz CT molecular complexity index is 891. The maximum Gasteiger partial charge on any atom is 0.338 e. The van der Waals surface area contributed by atoms with Gasteiger partial charge in [-0.15, -0.1) is 0 Å². The molecule has 29 heavy (non-hydrogen) atoms. The minimum atomic E-state index is -0.580. The molecule has 1 heterocycles. The van der Waals surface area contributed by atoms with Crippen molar-refractivity contribution in [2.24, 2.45) is 0 Å². The van der Waals surface area contributed by atoms with E-state index in [9.17, 15) is 9.59 Å². The molecule has 2 amide bonds. The Hall–Kier alpha value is -3.28. The first kappa shape index (κ1) is 20.5. The van der Waals surface area contributed by atoms with Gasteiger partial charge in [-0.05, 0) is 43.5 Å². The zero-order chi connectivity index (χ0) is 20.8. The van der Waals surface area contributed by atoms with E-state index in [1.54, 1.807) is 6.92 Å². The number of esters is 1. The lowest BCUT2D eigenvalue weighted by molar-refractivity contribution is -0.144. The van der Waals surface area contributed by atoms with Crippen molar-refractivity contribution in [3.63, 3.8) is 0 Å². The molecule has 0 fully saturated rings. The third kappa shape index (κ3) is 5.16. The number of carbonyl (C=O) groups is 2. The fourth-order valence-electron chi connectivity index (χ4n) is 3.04. The monoisotopic (exact) mass is 394 g/mol. The molecule has 2 aromatic rings. The van der Waals surface area contributed by atoms with Crippen molar-refractivity contribution in [2.45, 2.75) is 45.9 Å². The van der Waals surface area contributed by atoms with E-state index in [0.717, 1.165) is 17.5 Å². The summed E-state index contributed by atoms with van der Waals surface area (Å²) in [5.41, 5.74) is 2.76. The third-order valence-electron chi connectivity index (χ3n) is 4.83. The van der Waals surface area contributed by atoms with Gasteiger partial charge in [0, 0.05) is 5.70 Å². The summed E-state index contributed by atoms with van der Waals surface area (Å²) in [6.45, 7) is 5.97. The van der Waals surface area contributed by atoms with Crippen LogP contribution in [-0.4, -0.2) is 18.1 Å². The number of hydrogen-bond acceptors (Lipinski definition) is 4. The number of benzene rings is 2. The normalized spacial score (nSPS) is 17.2. The van der Waals surface area contributed by atoms with Crippen LogP contribution in [0.2, 0.25) is 0 Å². The van der Waals surface area contributed by atoms with Crippen molar-refractivity contribution in [1.82, 2.24) is 10.6 Å². The van der Waals surface area contributed by atoms with E-state index in [0.29, 0.717) is 23.6 Å². The van der Waals surface area contributed by atoms with Gasteiger partial charge in [-0.1, -0.05) is 49.4 Å². The molecule has 1 aliphatic rings. The number of carbonyl (C=O) groups excluding carboxylic acids is 2. The van der Waals surface area contributed by atoms with E-state index >= 15 is 0 Å². The van der Waals surface area contributed by atoms with Gasteiger partial charge in [0.2, 0.25) is 0 Å². The maximum absolute atomic E-state index is 12.7. The Morgan fingerprint density at radius 3 is 2.45 bits per heavy atom. The molecule has 0 saturated carbocycles. The first-order valence-electron chi connectivity index (χ1n) is 9.74. The van der Waals surface area contributed by atoms with E-state index in [1.165, 1.54) is 0 Å². The fourth-order valence-corrected chi connectivity index (χ4v) is 3.04. The van der Waals surface area contributed by atoms with Crippen molar-refractivity contribution in [2.75, 3.05) is 0 Å². The minimum absolute atomic E-state index is 0.199. The van der Waals surface area contributed by atoms with Crippen LogP contribution >= 0.6 is 0 Å². The number of ether oxygens (including phenoxy) is 2. The average Bonchev–Trinajstić information content (AvgIpc) is 2.72. The molecule has 6 heteroatoms. The van der Waals surface area contributed by atoms with Gasteiger partial charge in [0.1, 0.15) is 12.4 Å². The van der Waals surface area contributed by atoms with Gasteiger partial charge in [0.25, 0.3) is 0 Å². The molecule has 0 spiro atoms. The average molecular weight is 394 g/mol. The summed E-state index contributed by atoms with van der Waals surface area (Å²) < 4.78 is 11.3. The van der Waals surface area contributed by atoms with E-state index < -0.39 is 12.0 Å². The van der Waals surface area contributed by atoms with E-state index in [2.05, 4.69) is 10.6 Å². The van der Waals surface area contributed by atoms with Crippen LogP contribution in [0.25, 0.3) is 0 Å². The smallest absolute Gasteiger partial charge is 0.338 e. The van der Waals surface area contributed by atoms with Crippen molar-refractivity contribution < 1.29 is 19.1 Å². The highest BCUT2D eigenvalue weighted by atomic mass is 16.5. The summed E-state index contributed by atoms with van der Waals surface area (Å²) in [5.74, 6) is 0.279. The van der Waals surface area contributed by atoms with Gasteiger partial charge < -0.3 is 20.1 Å². The number of rotatable bonds is 7. The lowest BCUT2D eigenvalue weighted by Gasteiger charge is -2.29. The van der Waals surface area contributed by atoms with Gasteiger partial charge in [-0.2, -0.15) is 0 Å². The predicted molar refractivity (Wildman–Crippen MR) is 110 cm³/mol. The summed E-state index contributed by atoms with van der Waals surface area (Å²) >= 11 is 0. The predicted octanol–water partition coefficient (Wildman–Crippen LogP) is 4.24. The molecule has 2 atom stereocenters. The van der Waals surface area contributed by atoms with Crippen LogP contribution in [0, 0.1) is 0 Å². The Morgan fingerprint density at radius 2 is 1.79 bits per heavy atom. The van der Waals surface area contributed by atoms with Crippen LogP contribution in [-0.2, 0) is 16.1 Å². The van der Waals surface area contributed by atoms with Crippen LogP contribution in [0.4, 0.5) is 4.79 Å². The first-order valence-corrected chi connectivity index (χ1v) is 9.74. The Morgan fingerprint density at radius 1 is 1.10 bits per heavy atom. The van der Waals surface area contributed by atoms with Crippen LogP contribution < -0.4 is 15.4 Å². The summed E-state index contributed by atoms with van der Waals surface area (Å²) in [4.78, 5) is 24.7. The quantitative estimate of drug-likeness (QED) is 0.689. The van der Waals surface area contributed by atoms with E-state index in [1.807, 2.05) is 68.4 Å². The van der Waals surface area contributed by atoms with Gasteiger partial charge in [0.05, 0.1) is 17.7 Å². The van der Waals surface area contributed by atoms with Gasteiger partial charge in [-0.3, -0.25) is 0 Å². The Kier molecular flexibility index (Phi) is 6.54. The molecule has 0 aromatic heterocycles. The number of nitrogens with one attached hydrogen (secondary N) is 2. The Balaban J connectivity index is 1.76. The van der Waals surface area contributed by atoms with Crippen LogP contribution in [0.3, 0.4) is 0 Å². The Labute approximate surface area is 170 Å². The molecular formula is C23H26N2O4. The topological polar surface area (TPSA) is 76.7 Å². The molecule has 2 N–H and O–H groups in total. The van der Waals surface area contributed by atoms with Crippen LogP contribution in [0.5, 0.6) is 5.75 Å². The summed E-state index contributed by atoms with van der Waals surface area (Å²) in [6, 6.07) is 16.3. The zero-order valence-electron chi connectivity index (χ0n) is 16.9. The highest BCUT2D eigenvalue weighted by Gasteiger charge is 2.32. The lowest BCUT2D eigenvalue weighted by atomic mass is 9.95. The van der Waals surface area contributed by atoms with E-state index in [-0.39, 0.29) is 12.1 Å². The number of urea groups is 1. The number of hydrogen-bond donors (Lipinski definition) is 2. The van der Waals surface area contributed by atoms with Crippen molar-refractivity contribution in [3.8, 4) is 5.75 Å². The molecule has 2 unspecified atom stereocenters. The molecule has 0 aliphatic carbocycles. The van der Waals surface area contributed by atoms with Gasteiger partial charge in [0.15, 0.2) is 0 Å². The summed E-state index contributed by atoms with van der Waals surface area (Å²) in [7, 11) is 0. The maximum atomic E-state index is 12.7. The highest BCUT2D eigenvalue weighted by molar-refractivity contribution is 5.95. The largest absolute Gasteiger partial charge is 0.489 e. The molecule has 0 radical (unpaired) electrons. The highest BCUT2D eigenvalue weighted by Crippen LogP contribution is 2.29. The van der Waals surface area contributed by atoms with E-state index in [4.69, 9.17) is 9.47 Å². The van der Waals surface area contributed by atoms with Gasteiger partial charge in [-0.25, -0.2) is 9.59 Å². The fraction of sp³-hybridized carbons (Fsp3) is 0.304. The summed E-state index contributed by atoms with van der Waals surface area (Å²) in [5, 5.41) is 5.47. The second-order valence-electron chi connectivity index (χ2n) is 7.04. The molecule has 2 aromatic carbocycles. The SMILES string of the molecule is CCC(C)OC(=O)C1=C(C)NC(=O)NC1c1ccc(OCc2ccccc2)cc1. The second kappa shape index (κ2) is 9.28. The third-order valence-corrected chi connectivity index (χ3v) is 4.83. The minimum Gasteiger partial charge on any atom is -0.489 e. The molecule has 0 bridgehead atoms. The first-order chi connectivity index (χ1) is 14.0. The molecule has 0 saturated heterocycles. The second-order valence-corrected chi connectivity index (χ2v) is 7.04. The standard InChI is InChI=1S/C23H26N2O4/c1-4-15(2)29-22(26)20-16(3)24-23(27)25-21(20)18-10-12-19(13-11-18)28-14-17-8-6-5-7-9-17/h5-13,15,21H,4,14H2,1-3H3,(H2,24,25,27). The zero-order valence-corrected chi connectivity index (χ0v) is 16.9. The van der Waals surface area contributed by atoms with Gasteiger partial charge >= 0.3 is 12.0 Å². The molecule has 152 valence electrons. The van der Waals surface area contributed by atoms with Crippen LogP contribution in [0.1, 0.15) is 44.4 Å². The molecule has 3 rings (SSSR count). The lowest BCUT2D eigenvalue weighted by Crippen LogP contribution is -2.45. The number of allylic oxidation sites excluding steroid dienone is 1. The van der Waals surface area contributed by atoms with Crippen molar-refractivity contribution in [3.05, 3.63) is 77.0 Å². The summed E-state index contributed by atoms with van der Waals surface area (Å²) in [6.07, 6.45) is 0.519. The van der Waals surface area contributed by atoms with Crippen molar-refractivity contribution >= 4 is 12.0 Å². The molecule has 1 aliphatic heterocycles. The molecular weight excluding hydrogens is 368 g/mol.